The predicted octanol–water partition coefficient (Wildman–Crippen LogP) is 5.96. The second-order valence-electron chi connectivity index (χ2n) is 6.03. The summed E-state index contributed by atoms with van der Waals surface area (Å²) in [5.74, 6) is 0.673. The number of hydrogen-bond donors (Lipinski definition) is 0. The Balaban J connectivity index is 2.14. The highest BCUT2D eigenvalue weighted by Gasteiger charge is 2.30. The number of nitriles is 1. The zero-order valence-corrected chi connectivity index (χ0v) is 14.3. The Kier molecular flexibility index (Phi) is 4.60. The van der Waals surface area contributed by atoms with E-state index in [1.165, 1.54) is 6.07 Å². The molecule has 0 aromatic heterocycles. The molecule has 0 N–H and O–H groups in total. The normalized spacial score (nSPS) is 15.2. The molecule has 0 fully saturated rings. The molecule has 0 spiro atoms. The van der Waals surface area contributed by atoms with Crippen molar-refractivity contribution >= 4 is 17.2 Å². The second-order valence-corrected chi connectivity index (χ2v) is 6.03. The molecular weight excluding hydrogens is 339 g/mol. The van der Waals surface area contributed by atoms with Crippen molar-refractivity contribution in [1.82, 2.24) is 0 Å². The van der Waals surface area contributed by atoms with E-state index in [0.29, 0.717) is 11.3 Å². The number of allylic oxidation sites excluding steroid dienone is 3. The fourth-order valence-electron chi connectivity index (χ4n) is 3.17. The lowest BCUT2D eigenvalue weighted by molar-refractivity contribution is -0.137. The van der Waals surface area contributed by atoms with Gasteiger partial charge in [0.1, 0.15) is 5.75 Å². The van der Waals surface area contributed by atoms with Crippen LogP contribution in [0.2, 0.25) is 0 Å². The zero-order valence-electron chi connectivity index (χ0n) is 14.3. The Bertz CT molecular complexity index is 962. The van der Waals surface area contributed by atoms with Gasteiger partial charge < -0.3 is 4.74 Å². The zero-order chi connectivity index (χ0) is 18.9. The molecule has 3 rings (SSSR count). The maximum atomic E-state index is 13.0. The van der Waals surface area contributed by atoms with Crippen LogP contribution in [0.5, 0.6) is 5.75 Å². The molecule has 1 aliphatic carbocycles. The molecule has 26 heavy (non-hydrogen) atoms. The van der Waals surface area contributed by atoms with E-state index in [1.54, 1.807) is 25.3 Å². The van der Waals surface area contributed by atoms with Crippen molar-refractivity contribution in [2.45, 2.75) is 19.5 Å². The summed E-state index contributed by atoms with van der Waals surface area (Å²) in [6.07, 6.45) is -2.42. The third-order valence-electron chi connectivity index (χ3n) is 4.48. The highest BCUT2D eigenvalue weighted by molar-refractivity contribution is 6.05. The van der Waals surface area contributed by atoms with Crippen LogP contribution in [0.4, 0.5) is 13.2 Å². The Morgan fingerprint density at radius 3 is 2.54 bits per heavy atom. The molecular formula is C21H16F3NO. The summed E-state index contributed by atoms with van der Waals surface area (Å²) >= 11 is 0. The highest BCUT2D eigenvalue weighted by Crippen LogP contribution is 2.44. The average molecular weight is 355 g/mol. The number of nitrogens with zero attached hydrogens (tertiary/aromatic N) is 1. The van der Waals surface area contributed by atoms with Gasteiger partial charge in [-0.05, 0) is 70.7 Å². The van der Waals surface area contributed by atoms with E-state index in [2.05, 4.69) is 6.07 Å². The van der Waals surface area contributed by atoms with Gasteiger partial charge in [-0.2, -0.15) is 18.4 Å². The van der Waals surface area contributed by atoms with Crippen LogP contribution in [0.15, 0.2) is 48.0 Å². The average Bonchev–Trinajstić information content (AvgIpc) is 2.87. The lowest BCUT2D eigenvalue weighted by Gasteiger charge is -2.09. The topological polar surface area (TPSA) is 33.0 Å². The van der Waals surface area contributed by atoms with Crippen LogP contribution in [-0.4, -0.2) is 7.11 Å². The fourth-order valence-corrected chi connectivity index (χ4v) is 3.17. The van der Waals surface area contributed by atoms with Gasteiger partial charge in [0.2, 0.25) is 0 Å². The molecule has 0 unspecified atom stereocenters. The van der Waals surface area contributed by atoms with Crippen LogP contribution in [0, 0.1) is 11.3 Å². The Hall–Kier alpha value is -3.00. The third-order valence-corrected chi connectivity index (χ3v) is 4.48. The summed E-state index contributed by atoms with van der Waals surface area (Å²) < 4.78 is 44.1. The van der Waals surface area contributed by atoms with Crippen LogP contribution in [0.1, 0.15) is 35.6 Å². The molecule has 0 radical (unpaired) electrons. The van der Waals surface area contributed by atoms with Crippen LogP contribution in [-0.2, 0) is 6.18 Å². The smallest absolute Gasteiger partial charge is 0.416 e. The van der Waals surface area contributed by atoms with Gasteiger partial charge in [-0.1, -0.05) is 18.2 Å². The summed E-state index contributed by atoms with van der Waals surface area (Å²) in [6, 6.07) is 12.9. The first-order valence-corrected chi connectivity index (χ1v) is 8.00. The molecule has 0 amide bonds. The summed E-state index contributed by atoms with van der Waals surface area (Å²) in [4.78, 5) is 0. The van der Waals surface area contributed by atoms with E-state index >= 15 is 0 Å². The van der Waals surface area contributed by atoms with Crippen molar-refractivity contribution in [3.05, 3.63) is 70.3 Å². The SMILES string of the molecule is COc1ccc2c(c1)C(CC#N)=C(C)C2=Cc1cccc(C(F)(F)F)c1. The van der Waals surface area contributed by atoms with E-state index in [-0.39, 0.29) is 6.42 Å². The monoisotopic (exact) mass is 355 g/mol. The Labute approximate surface area is 149 Å². The summed E-state index contributed by atoms with van der Waals surface area (Å²) in [6.45, 7) is 1.89. The molecule has 2 aromatic carbocycles. The largest absolute Gasteiger partial charge is 0.497 e. The van der Waals surface area contributed by atoms with Crippen molar-refractivity contribution in [3.8, 4) is 11.8 Å². The Morgan fingerprint density at radius 2 is 1.88 bits per heavy atom. The number of benzene rings is 2. The number of rotatable bonds is 3. The molecule has 0 heterocycles. The van der Waals surface area contributed by atoms with Gasteiger partial charge in [-0.3, -0.25) is 0 Å². The second kappa shape index (κ2) is 6.72. The van der Waals surface area contributed by atoms with Crippen molar-refractivity contribution < 1.29 is 17.9 Å². The summed E-state index contributed by atoms with van der Waals surface area (Å²) in [5.41, 5.74) is 4.17. The van der Waals surface area contributed by atoms with Gasteiger partial charge in [0.25, 0.3) is 0 Å². The minimum Gasteiger partial charge on any atom is -0.497 e. The first-order chi connectivity index (χ1) is 12.3. The first kappa shape index (κ1) is 17.8. The van der Waals surface area contributed by atoms with E-state index in [4.69, 9.17) is 10.00 Å². The van der Waals surface area contributed by atoms with E-state index in [0.717, 1.165) is 40.0 Å². The quantitative estimate of drug-likeness (QED) is 0.681. The maximum Gasteiger partial charge on any atom is 0.416 e. The summed E-state index contributed by atoms with van der Waals surface area (Å²) in [7, 11) is 1.57. The summed E-state index contributed by atoms with van der Waals surface area (Å²) in [5, 5.41) is 9.14. The Morgan fingerprint density at radius 1 is 1.12 bits per heavy atom. The lowest BCUT2D eigenvalue weighted by Crippen LogP contribution is -2.04. The van der Waals surface area contributed by atoms with Gasteiger partial charge in [0.15, 0.2) is 0 Å². The number of halogens is 3. The predicted molar refractivity (Wildman–Crippen MR) is 95.1 cm³/mol. The minimum absolute atomic E-state index is 0.228. The van der Waals surface area contributed by atoms with Crippen molar-refractivity contribution in [2.75, 3.05) is 7.11 Å². The van der Waals surface area contributed by atoms with E-state index in [9.17, 15) is 13.2 Å². The van der Waals surface area contributed by atoms with Gasteiger partial charge >= 0.3 is 6.18 Å². The number of alkyl halides is 3. The minimum atomic E-state index is -4.38. The van der Waals surface area contributed by atoms with Crippen molar-refractivity contribution in [1.29, 1.82) is 5.26 Å². The molecule has 5 heteroatoms. The van der Waals surface area contributed by atoms with Gasteiger partial charge in [-0.15, -0.1) is 0 Å². The van der Waals surface area contributed by atoms with Gasteiger partial charge in [0, 0.05) is 0 Å². The maximum absolute atomic E-state index is 13.0. The number of hydrogen-bond acceptors (Lipinski definition) is 2. The molecule has 0 saturated heterocycles. The highest BCUT2D eigenvalue weighted by atomic mass is 19.4. The molecule has 0 atom stereocenters. The molecule has 0 saturated carbocycles. The number of fused-ring (bicyclic) bond motifs is 1. The van der Waals surface area contributed by atoms with Crippen molar-refractivity contribution in [3.63, 3.8) is 0 Å². The molecule has 0 aliphatic heterocycles. The van der Waals surface area contributed by atoms with E-state index < -0.39 is 11.7 Å². The van der Waals surface area contributed by atoms with E-state index in [1.807, 2.05) is 19.1 Å². The molecule has 132 valence electrons. The van der Waals surface area contributed by atoms with Crippen molar-refractivity contribution in [2.24, 2.45) is 0 Å². The molecule has 2 aromatic rings. The van der Waals surface area contributed by atoms with Crippen LogP contribution < -0.4 is 4.74 Å². The standard InChI is InChI=1S/C21H16F3NO/c1-13-17(8-9-25)20-12-16(26-2)6-7-18(20)19(13)11-14-4-3-5-15(10-14)21(22,23)24/h3-7,10-12H,8H2,1-2H3. The van der Waals surface area contributed by atoms with Gasteiger partial charge in [-0.25, -0.2) is 0 Å². The van der Waals surface area contributed by atoms with Crippen LogP contribution in [0.3, 0.4) is 0 Å². The number of methoxy groups -OCH3 is 1. The molecule has 2 nitrogen and oxygen atoms in total. The first-order valence-electron chi connectivity index (χ1n) is 8.00. The van der Waals surface area contributed by atoms with Crippen LogP contribution >= 0.6 is 0 Å². The van der Waals surface area contributed by atoms with Crippen LogP contribution in [0.25, 0.3) is 17.2 Å². The van der Waals surface area contributed by atoms with Gasteiger partial charge in [0.05, 0.1) is 25.2 Å². The number of ether oxygens (including phenoxy) is 1. The molecule has 1 aliphatic rings. The fraction of sp³-hybridized carbons (Fsp3) is 0.190. The lowest BCUT2D eigenvalue weighted by atomic mass is 9.99. The third kappa shape index (κ3) is 3.23. The molecule has 0 bridgehead atoms.